The Labute approximate surface area is 108 Å². The SMILES string of the molecule is Cc1ccc(C)c(N2CCNC(CCO)C2=O)c1. The third-order valence-electron chi connectivity index (χ3n) is 3.36. The average molecular weight is 248 g/mol. The number of nitrogens with zero attached hydrogens (tertiary/aromatic N) is 1. The number of aliphatic hydroxyl groups is 1. The number of piperazine rings is 1. The summed E-state index contributed by atoms with van der Waals surface area (Å²) in [5, 5.41) is 12.1. The molecule has 1 aromatic carbocycles. The quantitative estimate of drug-likeness (QED) is 0.838. The van der Waals surface area contributed by atoms with Gasteiger partial charge in [0.1, 0.15) is 0 Å². The summed E-state index contributed by atoms with van der Waals surface area (Å²) < 4.78 is 0. The molecule has 2 N–H and O–H groups in total. The molecule has 1 atom stereocenters. The van der Waals surface area contributed by atoms with Crippen molar-refractivity contribution in [2.45, 2.75) is 26.3 Å². The summed E-state index contributed by atoms with van der Waals surface area (Å²) in [6.07, 6.45) is 0.472. The van der Waals surface area contributed by atoms with Crippen molar-refractivity contribution < 1.29 is 9.90 Å². The van der Waals surface area contributed by atoms with E-state index in [1.807, 2.05) is 24.8 Å². The third kappa shape index (κ3) is 2.54. The van der Waals surface area contributed by atoms with Gasteiger partial charge in [-0.1, -0.05) is 12.1 Å². The van der Waals surface area contributed by atoms with Crippen molar-refractivity contribution in [1.82, 2.24) is 5.32 Å². The van der Waals surface area contributed by atoms with Crippen molar-refractivity contribution in [2.24, 2.45) is 0 Å². The van der Waals surface area contributed by atoms with Crippen molar-refractivity contribution in [1.29, 1.82) is 0 Å². The van der Waals surface area contributed by atoms with Gasteiger partial charge in [-0.05, 0) is 37.5 Å². The predicted octanol–water partition coefficient (Wildman–Crippen LogP) is 0.991. The molecule has 1 saturated heterocycles. The van der Waals surface area contributed by atoms with E-state index in [9.17, 15) is 4.79 Å². The van der Waals surface area contributed by atoms with Crippen molar-refractivity contribution in [2.75, 3.05) is 24.6 Å². The van der Waals surface area contributed by atoms with Crippen LogP contribution < -0.4 is 10.2 Å². The van der Waals surface area contributed by atoms with E-state index in [4.69, 9.17) is 5.11 Å². The average Bonchev–Trinajstić information content (AvgIpc) is 2.35. The van der Waals surface area contributed by atoms with Gasteiger partial charge in [-0.3, -0.25) is 4.79 Å². The molecular formula is C14H20N2O2. The highest BCUT2D eigenvalue weighted by atomic mass is 16.3. The van der Waals surface area contributed by atoms with Gasteiger partial charge in [-0.2, -0.15) is 0 Å². The smallest absolute Gasteiger partial charge is 0.244 e. The number of carbonyl (C=O) groups excluding carboxylic acids is 1. The van der Waals surface area contributed by atoms with Gasteiger partial charge in [0.15, 0.2) is 0 Å². The molecule has 0 aromatic heterocycles. The first kappa shape index (κ1) is 13.1. The van der Waals surface area contributed by atoms with Gasteiger partial charge in [0.2, 0.25) is 5.91 Å². The zero-order valence-corrected chi connectivity index (χ0v) is 10.9. The minimum Gasteiger partial charge on any atom is -0.396 e. The van der Waals surface area contributed by atoms with Crippen LogP contribution in [0.5, 0.6) is 0 Å². The number of carbonyl (C=O) groups is 1. The lowest BCUT2D eigenvalue weighted by atomic mass is 10.1. The first-order valence-corrected chi connectivity index (χ1v) is 6.36. The Morgan fingerprint density at radius 1 is 1.44 bits per heavy atom. The van der Waals surface area contributed by atoms with Crippen LogP contribution in [-0.2, 0) is 4.79 Å². The molecule has 98 valence electrons. The highest BCUT2D eigenvalue weighted by Crippen LogP contribution is 2.23. The van der Waals surface area contributed by atoms with Crippen molar-refractivity contribution in [3.63, 3.8) is 0 Å². The number of anilines is 1. The Kier molecular flexibility index (Phi) is 3.99. The lowest BCUT2D eigenvalue weighted by Gasteiger charge is -2.34. The summed E-state index contributed by atoms with van der Waals surface area (Å²) in [6, 6.07) is 5.88. The number of rotatable bonds is 3. The first-order chi connectivity index (χ1) is 8.63. The van der Waals surface area contributed by atoms with E-state index >= 15 is 0 Å². The number of nitrogens with one attached hydrogen (secondary N) is 1. The van der Waals surface area contributed by atoms with Crippen LogP contribution in [0.2, 0.25) is 0 Å². The molecule has 0 spiro atoms. The molecule has 1 aromatic rings. The number of hydrogen-bond acceptors (Lipinski definition) is 3. The topological polar surface area (TPSA) is 52.6 Å². The fourth-order valence-corrected chi connectivity index (χ4v) is 2.34. The first-order valence-electron chi connectivity index (χ1n) is 6.36. The molecule has 1 fully saturated rings. The largest absolute Gasteiger partial charge is 0.396 e. The van der Waals surface area contributed by atoms with Gasteiger partial charge in [0.05, 0.1) is 6.04 Å². The van der Waals surface area contributed by atoms with Crippen LogP contribution in [0.3, 0.4) is 0 Å². The van der Waals surface area contributed by atoms with Crippen LogP contribution in [-0.4, -0.2) is 36.8 Å². The summed E-state index contributed by atoms with van der Waals surface area (Å²) in [5.74, 6) is 0.0593. The summed E-state index contributed by atoms with van der Waals surface area (Å²) in [6.45, 7) is 5.53. The van der Waals surface area contributed by atoms with Crippen LogP contribution in [0.4, 0.5) is 5.69 Å². The number of amides is 1. The molecule has 0 saturated carbocycles. The van der Waals surface area contributed by atoms with E-state index in [0.717, 1.165) is 23.4 Å². The number of aryl methyl sites for hydroxylation is 2. The molecule has 1 unspecified atom stereocenters. The van der Waals surface area contributed by atoms with E-state index in [0.29, 0.717) is 13.0 Å². The molecular weight excluding hydrogens is 228 g/mol. The van der Waals surface area contributed by atoms with Crippen LogP contribution in [0.1, 0.15) is 17.5 Å². The van der Waals surface area contributed by atoms with Crippen LogP contribution in [0, 0.1) is 13.8 Å². The predicted molar refractivity (Wildman–Crippen MR) is 71.8 cm³/mol. The zero-order chi connectivity index (χ0) is 13.1. The fourth-order valence-electron chi connectivity index (χ4n) is 2.34. The Morgan fingerprint density at radius 3 is 2.94 bits per heavy atom. The maximum Gasteiger partial charge on any atom is 0.244 e. The van der Waals surface area contributed by atoms with Gasteiger partial charge in [0, 0.05) is 25.4 Å². The number of hydrogen-bond donors (Lipinski definition) is 2. The summed E-state index contributed by atoms with van der Waals surface area (Å²) in [4.78, 5) is 14.2. The van der Waals surface area contributed by atoms with Crippen molar-refractivity contribution in [3.8, 4) is 0 Å². The normalized spacial score (nSPS) is 20.3. The third-order valence-corrected chi connectivity index (χ3v) is 3.36. The van der Waals surface area contributed by atoms with E-state index in [2.05, 4.69) is 17.4 Å². The Bertz CT molecular complexity index is 443. The molecule has 1 amide bonds. The van der Waals surface area contributed by atoms with Gasteiger partial charge in [0.25, 0.3) is 0 Å². The van der Waals surface area contributed by atoms with E-state index in [-0.39, 0.29) is 18.6 Å². The highest BCUT2D eigenvalue weighted by molar-refractivity contribution is 5.98. The molecule has 1 aliphatic rings. The van der Waals surface area contributed by atoms with Gasteiger partial charge < -0.3 is 15.3 Å². The van der Waals surface area contributed by atoms with Crippen molar-refractivity contribution >= 4 is 11.6 Å². The van der Waals surface area contributed by atoms with Crippen LogP contribution in [0.25, 0.3) is 0 Å². The molecule has 2 rings (SSSR count). The molecule has 4 nitrogen and oxygen atoms in total. The van der Waals surface area contributed by atoms with Crippen LogP contribution >= 0.6 is 0 Å². The van der Waals surface area contributed by atoms with E-state index in [1.54, 1.807) is 0 Å². The van der Waals surface area contributed by atoms with E-state index < -0.39 is 0 Å². The monoisotopic (exact) mass is 248 g/mol. The fraction of sp³-hybridized carbons (Fsp3) is 0.500. The second kappa shape index (κ2) is 5.50. The molecule has 0 radical (unpaired) electrons. The van der Waals surface area contributed by atoms with Gasteiger partial charge in [-0.15, -0.1) is 0 Å². The zero-order valence-electron chi connectivity index (χ0n) is 10.9. The summed E-state index contributed by atoms with van der Waals surface area (Å²) in [7, 11) is 0. The Morgan fingerprint density at radius 2 is 2.22 bits per heavy atom. The Hall–Kier alpha value is -1.39. The van der Waals surface area contributed by atoms with Crippen LogP contribution in [0.15, 0.2) is 18.2 Å². The maximum atomic E-state index is 12.3. The highest BCUT2D eigenvalue weighted by Gasteiger charge is 2.29. The van der Waals surface area contributed by atoms with Gasteiger partial charge >= 0.3 is 0 Å². The minimum atomic E-state index is -0.260. The van der Waals surface area contributed by atoms with Crippen molar-refractivity contribution in [3.05, 3.63) is 29.3 Å². The van der Waals surface area contributed by atoms with E-state index in [1.165, 1.54) is 0 Å². The molecule has 0 bridgehead atoms. The lowest BCUT2D eigenvalue weighted by Crippen LogP contribution is -2.55. The number of aliphatic hydroxyl groups excluding tert-OH is 1. The summed E-state index contributed by atoms with van der Waals surface area (Å²) >= 11 is 0. The van der Waals surface area contributed by atoms with Gasteiger partial charge in [-0.25, -0.2) is 0 Å². The molecule has 4 heteroatoms. The lowest BCUT2D eigenvalue weighted by molar-refractivity contribution is -0.122. The molecule has 1 aliphatic heterocycles. The minimum absolute atomic E-state index is 0.0318. The second-order valence-electron chi connectivity index (χ2n) is 4.80. The second-order valence-corrected chi connectivity index (χ2v) is 4.80. The number of benzene rings is 1. The standard InChI is InChI=1S/C14H20N2O2/c1-10-3-4-11(2)13(9-10)16-7-6-15-12(5-8-17)14(16)18/h3-4,9,12,15,17H,5-8H2,1-2H3. The maximum absolute atomic E-state index is 12.3. The molecule has 0 aliphatic carbocycles. The summed E-state index contributed by atoms with van der Waals surface area (Å²) in [5.41, 5.74) is 3.25. The Balaban J connectivity index is 2.26. The molecule has 1 heterocycles. The molecule has 18 heavy (non-hydrogen) atoms.